The van der Waals surface area contributed by atoms with Gasteiger partial charge in [-0.2, -0.15) is 0 Å². The zero-order chi connectivity index (χ0) is 26.2. The van der Waals surface area contributed by atoms with Crippen molar-refractivity contribution in [3.63, 3.8) is 0 Å². The van der Waals surface area contributed by atoms with Crippen LogP contribution in [0.5, 0.6) is 0 Å². The van der Waals surface area contributed by atoms with E-state index in [0.717, 1.165) is 24.8 Å². The minimum atomic E-state index is -0.391. The fourth-order valence-corrected chi connectivity index (χ4v) is 6.03. The molecule has 4 aromatic rings. The second-order valence-electron chi connectivity index (χ2n) is 9.05. The fourth-order valence-electron chi connectivity index (χ4n) is 5.01. The molecule has 0 saturated heterocycles. The Labute approximate surface area is 221 Å². The molecule has 2 atom stereocenters. The predicted molar refractivity (Wildman–Crippen MR) is 145 cm³/mol. The lowest BCUT2D eigenvalue weighted by Crippen LogP contribution is -2.48. The van der Waals surface area contributed by atoms with E-state index in [1.54, 1.807) is 41.8 Å². The SMILES string of the molecule is C=CC(=O)NC1CCCC1NC(=O)c1sc2nccc3c2c1NC(=O)N3c1ccnc(-c2cccnc2)c1. The Morgan fingerprint density at radius 3 is 2.71 bits per heavy atom. The number of hydrogen-bond acceptors (Lipinski definition) is 7. The van der Waals surface area contributed by atoms with Crippen molar-refractivity contribution in [3.05, 3.63) is 72.7 Å². The molecular weight excluding hydrogens is 502 g/mol. The van der Waals surface area contributed by atoms with Gasteiger partial charge in [0, 0.05) is 42.4 Å². The lowest BCUT2D eigenvalue weighted by Gasteiger charge is -2.28. The van der Waals surface area contributed by atoms with Crippen LogP contribution in [-0.4, -0.2) is 44.9 Å². The van der Waals surface area contributed by atoms with Gasteiger partial charge in [-0.05, 0) is 55.7 Å². The van der Waals surface area contributed by atoms with Gasteiger partial charge in [0.25, 0.3) is 5.91 Å². The first-order valence-corrected chi connectivity index (χ1v) is 13.0. The maximum absolute atomic E-state index is 13.4. The van der Waals surface area contributed by atoms with Gasteiger partial charge in [0.2, 0.25) is 5.91 Å². The first-order chi connectivity index (χ1) is 18.5. The van der Waals surface area contributed by atoms with E-state index >= 15 is 0 Å². The molecule has 11 heteroatoms. The third-order valence-electron chi connectivity index (χ3n) is 6.76. The molecule has 0 radical (unpaired) electrons. The van der Waals surface area contributed by atoms with Crippen LogP contribution >= 0.6 is 11.3 Å². The average Bonchev–Trinajstić information content (AvgIpc) is 3.54. The fraction of sp³-hybridized carbons (Fsp3) is 0.185. The molecule has 6 rings (SSSR count). The molecule has 1 fully saturated rings. The van der Waals surface area contributed by atoms with Gasteiger partial charge < -0.3 is 16.0 Å². The molecule has 0 aromatic carbocycles. The monoisotopic (exact) mass is 525 g/mol. The number of rotatable bonds is 6. The number of nitrogens with zero attached hydrogens (tertiary/aromatic N) is 4. The van der Waals surface area contributed by atoms with E-state index < -0.39 is 6.03 Å². The molecule has 38 heavy (non-hydrogen) atoms. The summed E-state index contributed by atoms with van der Waals surface area (Å²) < 4.78 is 0. The van der Waals surface area contributed by atoms with Crippen LogP contribution in [0, 0.1) is 0 Å². The van der Waals surface area contributed by atoms with Gasteiger partial charge in [0.05, 0.1) is 28.1 Å². The molecule has 190 valence electrons. The Balaban J connectivity index is 1.34. The van der Waals surface area contributed by atoms with E-state index in [4.69, 9.17) is 0 Å². The maximum Gasteiger partial charge on any atom is 0.331 e. The maximum atomic E-state index is 13.4. The summed E-state index contributed by atoms with van der Waals surface area (Å²) in [5.74, 6) is -0.577. The number of pyridine rings is 3. The largest absolute Gasteiger partial charge is 0.348 e. The highest BCUT2D eigenvalue weighted by molar-refractivity contribution is 7.21. The smallest absolute Gasteiger partial charge is 0.331 e. The van der Waals surface area contributed by atoms with Gasteiger partial charge in [0.1, 0.15) is 9.71 Å². The summed E-state index contributed by atoms with van der Waals surface area (Å²) in [6.45, 7) is 3.50. The quantitative estimate of drug-likeness (QED) is 0.320. The average molecular weight is 526 g/mol. The van der Waals surface area contributed by atoms with Crippen LogP contribution in [0.2, 0.25) is 0 Å². The number of aromatic nitrogens is 3. The molecule has 4 aromatic heterocycles. The van der Waals surface area contributed by atoms with Crippen molar-refractivity contribution in [2.45, 2.75) is 31.3 Å². The van der Waals surface area contributed by atoms with E-state index in [0.29, 0.717) is 37.8 Å². The third kappa shape index (κ3) is 4.16. The van der Waals surface area contributed by atoms with Gasteiger partial charge in [-0.25, -0.2) is 9.78 Å². The first kappa shape index (κ1) is 23.7. The van der Waals surface area contributed by atoms with Gasteiger partial charge in [-0.1, -0.05) is 6.58 Å². The third-order valence-corrected chi connectivity index (χ3v) is 7.85. The van der Waals surface area contributed by atoms with Crippen LogP contribution in [0.25, 0.3) is 21.5 Å². The van der Waals surface area contributed by atoms with Crippen LogP contribution in [0.15, 0.2) is 67.8 Å². The molecule has 0 spiro atoms. The second kappa shape index (κ2) is 9.67. The summed E-state index contributed by atoms with van der Waals surface area (Å²) in [5, 5.41) is 9.56. The van der Waals surface area contributed by atoms with Crippen molar-refractivity contribution >= 4 is 56.5 Å². The number of hydrogen-bond donors (Lipinski definition) is 3. The highest BCUT2D eigenvalue weighted by Gasteiger charge is 2.35. The second-order valence-corrected chi connectivity index (χ2v) is 10.1. The summed E-state index contributed by atoms with van der Waals surface area (Å²) in [4.78, 5) is 54.3. The van der Waals surface area contributed by atoms with E-state index in [1.807, 2.05) is 18.2 Å². The minimum Gasteiger partial charge on any atom is -0.348 e. The summed E-state index contributed by atoms with van der Waals surface area (Å²) in [6.07, 6.45) is 10.3. The molecule has 1 aliphatic carbocycles. The Bertz CT molecular complexity index is 1590. The molecule has 3 N–H and O–H groups in total. The Hall–Kier alpha value is -4.64. The molecule has 2 aliphatic rings. The zero-order valence-corrected chi connectivity index (χ0v) is 21.0. The summed E-state index contributed by atoms with van der Waals surface area (Å²) in [6, 6.07) is 8.30. The van der Waals surface area contributed by atoms with E-state index in [1.165, 1.54) is 17.4 Å². The van der Waals surface area contributed by atoms with Gasteiger partial charge in [-0.3, -0.25) is 24.5 Å². The van der Waals surface area contributed by atoms with Crippen LogP contribution in [0.4, 0.5) is 21.9 Å². The first-order valence-electron chi connectivity index (χ1n) is 12.2. The molecule has 5 heterocycles. The predicted octanol–water partition coefficient (Wildman–Crippen LogP) is 4.39. The van der Waals surface area contributed by atoms with Crippen LogP contribution in [0.3, 0.4) is 0 Å². The minimum absolute atomic E-state index is 0.172. The number of carbonyl (C=O) groups is 3. The zero-order valence-electron chi connectivity index (χ0n) is 20.2. The van der Waals surface area contributed by atoms with Crippen molar-refractivity contribution in [1.29, 1.82) is 0 Å². The van der Waals surface area contributed by atoms with E-state index in [9.17, 15) is 14.4 Å². The summed E-state index contributed by atoms with van der Waals surface area (Å²) in [7, 11) is 0. The number of amides is 4. The van der Waals surface area contributed by atoms with Crippen LogP contribution in [-0.2, 0) is 4.79 Å². The number of thiophene rings is 1. The summed E-state index contributed by atoms with van der Waals surface area (Å²) >= 11 is 1.22. The molecule has 10 nitrogen and oxygen atoms in total. The highest BCUT2D eigenvalue weighted by Crippen LogP contribution is 2.46. The Morgan fingerprint density at radius 2 is 1.92 bits per heavy atom. The lowest BCUT2D eigenvalue weighted by atomic mass is 10.1. The normalized spacial score (nSPS) is 18.2. The van der Waals surface area contributed by atoms with Crippen molar-refractivity contribution in [2.24, 2.45) is 0 Å². The highest BCUT2D eigenvalue weighted by atomic mass is 32.1. The Morgan fingerprint density at radius 1 is 1.11 bits per heavy atom. The van der Waals surface area contributed by atoms with Crippen molar-refractivity contribution in [2.75, 3.05) is 10.2 Å². The number of nitrogens with one attached hydrogen (secondary N) is 3. The number of urea groups is 1. The lowest BCUT2D eigenvalue weighted by molar-refractivity contribution is -0.117. The Kier molecular flexibility index (Phi) is 6.04. The van der Waals surface area contributed by atoms with Crippen LogP contribution < -0.4 is 20.9 Å². The molecule has 2 unspecified atom stereocenters. The summed E-state index contributed by atoms with van der Waals surface area (Å²) in [5.41, 5.74) is 3.21. The topological polar surface area (TPSA) is 129 Å². The van der Waals surface area contributed by atoms with E-state index in [-0.39, 0.29) is 23.9 Å². The van der Waals surface area contributed by atoms with Crippen molar-refractivity contribution in [1.82, 2.24) is 25.6 Å². The molecule has 1 aliphatic heterocycles. The molecular formula is C27H23N7O3S. The van der Waals surface area contributed by atoms with Gasteiger partial charge in [0.15, 0.2) is 0 Å². The molecule has 0 bridgehead atoms. The number of anilines is 3. The van der Waals surface area contributed by atoms with E-state index in [2.05, 4.69) is 37.5 Å². The standard InChI is InChI=1S/C27H23N7O3S/c1-2-21(35)31-17-6-3-7-18(17)32-25(36)24-23-22-20(9-12-30-26(22)38-24)34(27(37)33-23)16-8-11-29-19(13-16)15-5-4-10-28-14-15/h2,4-5,8-14,17-18H,1,3,6-7H2,(H,31,35)(H,32,36)(H,33,37). The van der Waals surface area contributed by atoms with Crippen molar-refractivity contribution in [3.8, 4) is 11.3 Å². The molecule has 1 saturated carbocycles. The van der Waals surface area contributed by atoms with Gasteiger partial charge >= 0.3 is 6.03 Å². The van der Waals surface area contributed by atoms with Crippen molar-refractivity contribution < 1.29 is 14.4 Å². The van der Waals surface area contributed by atoms with Gasteiger partial charge in [-0.15, -0.1) is 11.3 Å². The molecule has 4 amide bonds. The number of carbonyl (C=O) groups excluding carboxylic acids is 3. The van der Waals surface area contributed by atoms with Crippen LogP contribution in [0.1, 0.15) is 28.9 Å².